The van der Waals surface area contributed by atoms with Gasteiger partial charge in [0.1, 0.15) is 5.75 Å². The molecule has 2 heterocycles. The Labute approximate surface area is 203 Å². The average Bonchev–Trinajstić information content (AvgIpc) is 2.79. The minimum atomic E-state index is -4.85. The SMILES string of the molecule is O=S(=O)(c1ccc(OC(F)(F)F)cc1)N1CCN(c2ccc(-c3ccc(Cl)cc3Cl)nn2)CC1. The molecule has 0 atom stereocenters. The van der Waals surface area contributed by atoms with E-state index in [-0.39, 0.29) is 18.0 Å². The van der Waals surface area contributed by atoms with Crippen molar-refractivity contribution in [2.75, 3.05) is 31.1 Å². The number of anilines is 1. The number of hydrogen-bond acceptors (Lipinski definition) is 6. The predicted molar refractivity (Wildman–Crippen MR) is 122 cm³/mol. The molecule has 3 aromatic rings. The van der Waals surface area contributed by atoms with Crippen LogP contribution in [0.25, 0.3) is 11.3 Å². The third-order valence-corrected chi connectivity index (χ3v) is 7.58. The van der Waals surface area contributed by atoms with E-state index in [9.17, 15) is 21.6 Å². The minimum Gasteiger partial charge on any atom is -0.406 e. The van der Waals surface area contributed by atoms with Gasteiger partial charge in [0.05, 0.1) is 15.6 Å². The molecule has 0 spiro atoms. The lowest BCUT2D eigenvalue weighted by Gasteiger charge is -2.34. The molecule has 13 heteroatoms. The number of aromatic nitrogens is 2. The van der Waals surface area contributed by atoms with Gasteiger partial charge in [-0.1, -0.05) is 23.2 Å². The molecule has 0 unspecified atom stereocenters. The largest absolute Gasteiger partial charge is 0.573 e. The van der Waals surface area contributed by atoms with Crippen molar-refractivity contribution in [3.63, 3.8) is 0 Å². The fourth-order valence-corrected chi connectivity index (χ4v) is 5.38. The Bertz CT molecular complexity index is 1270. The molecule has 7 nitrogen and oxygen atoms in total. The number of ether oxygens (including phenoxy) is 1. The van der Waals surface area contributed by atoms with Crippen molar-refractivity contribution in [1.29, 1.82) is 0 Å². The minimum absolute atomic E-state index is 0.112. The standard InChI is InChI=1S/C21H17Cl2F3N4O3S/c22-14-1-6-17(18(23)13-14)19-7-8-20(28-27-19)29-9-11-30(12-10-29)34(31,32)16-4-2-15(3-5-16)33-21(24,25)26/h1-8,13H,9-12H2. The molecule has 4 rings (SSSR count). The first-order valence-corrected chi connectivity index (χ1v) is 12.1. The lowest BCUT2D eigenvalue weighted by molar-refractivity contribution is -0.274. The summed E-state index contributed by atoms with van der Waals surface area (Å²) in [5, 5.41) is 9.42. The third-order valence-electron chi connectivity index (χ3n) is 5.12. The number of sulfonamides is 1. The first kappa shape index (κ1) is 24.5. The van der Waals surface area contributed by atoms with E-state index >= 15 is 0 Å². The fraction of sp³-hybridized carbons (Fsp3) is 0.238. The van der Waals surface area contributed by atoms with E-state index in [4.69, 9.17) is 23.2 Å². The van der Waals surface area contributed by atoms with Crippen LogP contribution in [0.5, 0.6) is 5.75 Å². The van der Waals surface area contributed by atoms with Gasteiger partial charge >= 0.3 is 6.36 Å². The highest BCUT2D eigenvalue weighted by atomic mass is 35.5. The molecule has 34 heavy (non-hydrogen) atoms. The van der Waals surface area contributed by atoms with E-state index in [1.165, 1.54) is 4.31 Å². The summed E-state index contributed by atoms with van der Waals surface area (Å²) < 4.78 is 67.7. The molecule has 0 amide bonds. The van der Waals surface area contributed by atoms with Gasteiger partial charge < -0.3 is 9.64 Å². The van der Waals surface area contributed by atoms with Gasteiger partial charge in [-0.15, -0.1) is 23.4 Å². The molecule has 1 aromatic heterocycles. The second-order valence-corrected chi connectivity index (χ2v) is 10.1. The van der Waals surface area contributed by atoms with Crippen LogP contribution in [-0.2, 0) is 10.0 Å². The van der Waals surface area contributed by atoms with E-state index in [0.717, 1.165) is 24.3 Å². The van der Waals surface area contributed by atoms with E-state index < -0.39 is 22.1 Å². The van der Waals surface area contributed by atoms with Crippen LogP contribution < -0.4 is 9.64 Å². The summed E-state index contributed by atoms with van der Waals surface area (Å²) in [6.07, 6.45) is -4.85. The van der Waals surface area contributed by atoms with Gasteiger partial charge in [0.15, 0.2) is 5.82 Å². The maximum absolute atomic E-state index is 12.9. The topological polar surface area (TPSA) is 75.6 Å². The summed E-state index contributed by atoms with van der Waals surface area (Å²) in [5.41, 5.74) is 1.26. The lowest BCUT2D eigenvalue weighted by Crippen LogP contribution is -2.49. The molecule has 1 saturated heterocycles. The Kier molecular flexibility index (Phi) is 6.90. The summed E-state index contributed by atoms with van der Waals surface area (Å²) in [4.78, 5) is 1.78. The lowest BCUT2D eigenvalue weighted by atomic mass is 10.1. The Hall–Kier alpha value is -2.60. The van der Waals surface area contributed by atoms with Crippen molar-refractivity contribution < 1.29 is 26.3 Å². The number of hydrogen-bond donors (Lipinski definition) is 0. The molecule has 0 saturated carbocycles. The molecule has 1 aliphatic heterocycles. The van der Waals surface area contributed by atoms with Gasteiger partial charge in [0, 0.05) is 36.8 Å². The molecule has 2 aromatic carbocycles. The molecule has 0 aliphatic carbocycles. The number of rotatable bonds is 5. The zero-order valence-corrected chi connectivity index (χ0v) is 19.7. The molecular formula is C21H17Cl2F3N4O3S. The van der Waals surface area contributed by atoms with Gasteiger partial charge in [-0.25, -0.2) is 8.42 Å². The van der Waals surface area contributed by atoms with Crippen LogP contribution in [0.4, 0.5) is 19.0 Å². The van der Waals surface area contributed by atoms with Crippen molar-refractivity contribution >= 4 is 39.0 Å². The van der Waals surface area contributed by atoms with Crippen molar-refractivity contribution in [1.82, 2.24) is 14.5 Å². The van der Waals surface area contributed by atoms with Crippen LogP contribution in [0, 0.1) is 0 Å². The van der Waals surface area contributed by atoms with Crippen LogP contribution in [0.3, 0.4) is 0 Å². The normalized spacial score (nSPS) is 15.4. The van der Waals surface area contributed by atoms with Crippen molar-refractivity contribution in [3.05, 3.63) is 64.6 Å². The molecule has 0 radical (unpaired) electrons. The summed E-state index contributed by atoms with van der Waals surface area (Å²) >= 11 is 12.1. The predicted octanol–water partition coefficient (Wildman–Crippen LogP) is 4.86. The van der Waals surface area contributed by atoms with Gasteiger partial charge in [-0.05, 0) is 54.6 Å². The third kappa shape index (κ3) is 5.54. The molecule has 0 bridgehead atoms. The van der Waals surface area contributed by atoms with Crippen LogP contribution in [0.1, 0.15) is 0 Å². The van der Waals surface area contributed by atoms with Crippen molar-refractivity contribution in [3.8, 4) is 17.0 Å². The zero-order chi connectivity index (χ0) is 24.5. The van der Waals surface area contributed by atoms with Crippen LogP contribution in [-0.4, -0.2) is 55.5 Å². The molecule has 1 aliphatic rings. The van der Waals surface area contributed by atoms with E-state index in [0.29, 0.717) is 40.2 Å². The average molecular weight is 533 g/mol. The molecular weight excluding hydrogens is 516 g/mol. The van der Waals surface area contributed by atoms with Gasteiger partial charge in [-0.3, -0.25) is 0 Å². The van der Waals surface area contributed by atoms with Crippen molar-refractivity contribution in [2.45, 2.75) is 11.3 Å². The maximum Gasteiger partial charge on any atom is 0.573 e. The molecule has 0 N–H and O–H groups in total. The highest BCUT2D eigenvalue weighted by molar-refractivity contribution is 7.89. The zero-order valence-electron chi connectivity index (χ0n) is 17.3. The van der Waals surface area contributed by atoms with E-state index in [1.807, 2.05) is 4.90 Å². The van der Waals surface area contributed by atoms with Gasteiger partial charge in [-0.2, -0.15) is 4.31 Å². The number of halogens is 5. The second kappa shape index (κ2) is 9.57. The van der Waals surface area contributed by atoms with E-state index in [1.54, 1.807) is 30.3 Å². The smallest absolute Gasteiger partial charge is 0.406 e. The van der Waals surface area contributed by atoms with Crippen LogP contribution in [0.2, 0.25) is 10.0 Å². The monoisotopic (exact) mass is 532 g/mol. The maximum atomic E-state index is 12.9. The summed E-state index contributed by atoms with van der Waals surface area (Å²) in [7, 11) is -3.87. The second-order valence-electron chi connectivity index (χ2n) is 7.31. The summed E-state index contributed by atoms with van der Waals surface area (Å²) in [6.45, 7) is 1.08. The Morgan fingerprint density at radius 1 is 0.882 bits per heavy atom. The Morgan fingerprint density at radius 2 is 1.56 bits per heavy atom. The van der Waals surface area contributed by atoms with Crippen LogP contribution in [0.15, 0.2) is 59.5 Å². The first-order valence-electron chi connectivity index (χ1n) is 9.93. The van der Waals surface area contributed by atoms with Crippen molar-refractivity contribution in [2.24, 2.45) is 0 Å². The van der Waals surface area contributed by atoms with Gasteiger partial charge in [0.2, 0.25) is 10.0 Å². The Morgan fingerprint density at radius 3 is 2.12 bits per heavy atom. The summed E-state index contributed by atoms with van der Waals surface area (Å²) in [6, 6.07) is 12.7. The molecule has 1 fully saturated rings. The van der Waals surface area contributed by atoms with E-state index in [2.05, 4.69) is 14.9 Å². The quantitative estimate of drug-likeness (QED) is 0.467. The summed E-state index contributed by atoms with van der Waals surface area (Å²) in [5.74, 6) is 0.0951. The van der Waals surface area contributed by atoms with Gasteiger partial charge in [0.25, 0.3) is 0 Å². The number of piperazine rings is 1. The Balaban J connectivity index is 1.40. The van der Waals surface area contributed by atoms with Crippen LogP contribution >= 0.6 is 23.2 Å². The highest BCUT2D eigenvalue weighted by Gasteiger charge is 2.32. The molecule has 180 valence electrons. The number of alkyl halides is 3. The highest BCUT2D eigenvalue weighted by Crippen LogP contribution is 2.30. The number of benzene rings is 2. The first-order chi connectivity index (χ1) is 16.0. The fourth-order valence-electron chi connectivity index (χ4n) is 3.45. The number of nitrogens with zero attached hydrogens (tertiary/aromatic N) is 4.